The van der Waals surface area contributed by atoms with Crippen LogP contribution in [0.5, 0.6) is 0 Å². The molecule has 0 rings (SSSR count). The van der Waals surface area contributed by atoms with Crippen LogP contribution in [0.4, 0.5) is 0 Å². The molecule has 0 unspecified atom stereocenters. The molecule has 26 heavy (non-hydrogen) atoms. The molecular weight excluding hydrogens is 320 g/mol. The number of rotatable bonds is 18. The molecule has 0 amide bonds. The van der Waals surface area contributed by atoms with Crippen LogP contribution in [0.15, 0.2) is 49.1 Å². The number of carbonyl (C=O) groups excluding carboxylic acids is 2. The van der Waals surface area contributed by atoms with Crippen LogP contribution in [-0.2, 0) is 9.59 Å². The second-order valence-electron chi connectivity index (χ2n) is 6.79. The lowest BCUT2D eigenvalue weighted by Gasteiger charge is -2.02. The minimum Gasteiger partial charge on any atom is -0.300 e. The van der Waals surface area contributed by atoms with E-state index in [0.29, 0.717) is 5.78 Å². The molecule has 0 aliphatic carbocycles. The Morgan fingerprint density at radius 3 is 1.96 bits per heavy atom. The summed E-state index contributed by atoms with van der Waals surface area (Å²) in [5.74, 6) is 0.373. The van der Waals surface area contributed by atoms with Gasteiger partial charge in [0.1, 0.15) is 5.78 Å². The molecule has 0 aliphatic heterocycles. The van der Waals surface area contributed by atoms with Crippen molar-refractivity contribution in [1.29, 1.82) is 0 Å². The van der Waals surface area contributed by atoms with Gasteiger partial charge in [-0.2, -0.15) is 0 Å². The van der Waals surface area contributed by atoms with E-state index in [1.807, 2.05) is 18.2 Å². The first-order chi connectivity index (χ1) is 12.7. The molecule has 0 saturated heterocycles. The van der Waals surface area contributed by atoms with Crippen LogP contribution in [0.2, 0.25) is 0 Å². The fourth-order valence-electron chi connectivity index (χ4n) is 2.69. The predicted molar refractivity (Wildman–Crippen MR) is 113 cm³/mol. The van der Waals surface area contributed by atoms with Crippen molar-refractivity contribution in [2.24, 2.45) is 0 Å². The van der Waals surface area contributed by atoms with E-state index in [4.69, 9.17) is 0 Å². The molecule has 0 aromatic rings. The number of hydrogen-bond donors (Lipinski definition) is 0. The molecule has 146 valence electrons. The van der Waals surface area contributed by atoms with Gasteiger partial charge in [0.2, 0.25) is 0 Å². The van der Waals surface area contributed by atoms with E-state index in [9.17, 15) is 9.59 Å². The minimum absolute atomic E-state index is 0.0796. The van der Waals surface area contributed by atoms with Crippen molar-refractivity contribution in [3.8, 4) is 0 Å². The lowest BCUT2D eigenvalue weighted by Crippen LogP contribution is -1.97. The SMILES string of the molecule is C=CC(=O)C=CC=CC=CCCCCCCC(=O)CCCCCCCC. The third kappa shape index (κ3) is 18.6. The molecule has 0 spiro atoms. The highest BCUT2D eigenvalue weighted by Crippen LogP contribution is 2.11. The summed E-state index contributed by atoms with van der Waals surface area (Å²) < 4.78 is 0. The van der Waals surface area contributed by atoms with E-state index in [2.05, 4.69) is 19.6 Å². The molecule has 0 N–H and O–H groups in total. The zero-order chi connectivity index (χ0) is 19.3. The first-order valence-electron chi connectivity index (χ1n) is 10.4. The van der Waals surface area contributed by atoms with Gasteiger partial charge < -0.3 is 0 Å². The van der Waals surface area contributed by atoms with Crippen molar-refractivity contribution in [1.82, 2.24) is 0 Å². The molecule has 0 aromatic carbocycles. The molecule has 0 aliphatic rings. The zero-order valence-corrected chi connectivity index (χ0v) is 16.8. The van der Waals surface area contributed by atoms with Gasteiger partial charge in [-0.05, 0) is 37.8 Å². The fourth-order valence-corrected chi connectivity index (χ4v) is 2.69. The molecule has 0 fully saturated rings. The summed E-state index contributed by atoms with van der Waals surface area (Å²) in [5.41, 5.74) is 0. The highest BCUT2D eigenvalue weighted by atomic mass is 16.1. The summed E-state index contributed by atoms with van der Waals surface area (Å²) in [5, 5.41) is 0. The Kier molecular flexibility index (Phi) is 18.3. The third-order valence-electron chi connectivity index (χ3n) is 4.32. The fraction of sp³-hybridized carbons (Fsp3) is 0.583. The van der Waals surface area contributed by atoms with Gasteiger partial charge in [-0.1, -0.05) is 88.8 Å². The smallest absolute Gasteiger partial charge is 0.178 e. The Morgan fingerprint density at radius 1 is 0.731 bits per heavy atom. The summed E-state index contributed by atoms with van der Waals surface area (Å²) >= 11 is 0. The first-order valence-corrected chi connectivity index (χ1v) is 10.4. The monoisotopic (exact) mass is 358 g/mol. The van der Waals surface area contributed by atoms with Crippen molar-refractivity contribution in [2.45, 2.75) is 90.4 Å². The maximum Gasteiger partial charge on any atom is 0.178 e. The average molecular weight is 359 g/mol. The maximum absolute atomic E-state index is 11.8. The number of ketones is 2. The van der Waals surface area contributed by atoms with Crippen molar-refractivity contribution >= 4 is 11.6 Å². The summed E-state index contributed by atoms with van der Waals surface area (Å²) in [7, 11) is 0. The van der Waals surface area contributed by atoms with Crippen LogP contribution in [0, 0.1) is 0 Å². The van der Waals surface area contributed by atoms with E-state index < -0.39 is 0 Å². The standard InChI is InChI=1S/C24H38O2/c1-3-5-6-7-14-18-21-24(26)22-19-16-13-11-9-8-10-12-15-17-20-23(25)4-2/h4,8,10,12,15,17,20H,2-3,5-7,9,11,13-14,16,18-19,21-22H2,1H3. The van der Waals surface area contributed by atoms with Crippen LogP contribution in [0.25, 0.3) is 0 Å². The van der Waals surface area contributed by atoms with E-state index in [0.717, 1.165) is 38.5 Å². The minimum atomic E-state index is -0.0796. The van der Waals surface area contributed by atoms with Gasteiger partial charge in [0, 0.05) is 12.8 Å². The predicted octanol–water partition coefficient (Wildman–Crippen LogP) is 7.07. The summed E-state index contributed by atoms with van der Waals surface area (Å²) in [6.07, 6.45) is 27.1. The van der Waals surface area contributed by atoms with Gasteiger partial charge in [-0.25, -0.2) is 0 Å². The van der Waals surface area contributed by atoms with Crippen LogP contribution in [-0.4, -0.2) is 11.6 Å². The molecule has 0 radical (unpaired) electrons. The van der Waals surface area contributed by atoms with Crippen LogP contribution in [0.1, 0.15) is 90.4 Å². The zero-order valence-electron chi connectivity index (χ0n) is 16.8. The highest BCUT2D eigenvalue weighted by Gasteiger charge is 2.01. The number of hydrogen-bond acceptors (Lipinski definition) is 2. The molecular formula is C24H38O2. The van der Waals surface area contributed by atoms with Crippen LogP contribution in [0.3, 0.4) is 0 Å². The van der Waals surface area contributed by atoms with Gasteiger partial charge in [0.25, 0.3) is 0 Å². The molecule has 2 nitrogen and oxygen atoms in total. The number of carbonyl (C=O) groups is 2. The highest BCUT2D eigenvalue weighted by molar-refractivity contribution is 5.98. The first kappa shape index (κ1) is 24.3. The van der Waals surface area contributed by atoms with Gasteiger partial charge >= 0.3 is 0 Å². The molecule has 0 bridgehead atoms. The Bertz CT molecular complexity index is 455. The number of Topliss-reactive ketones (excluding diaryl/α,β-unsaturated/α-hetero) is 1. The molecule has 0 heterocycles. The second kappa shape index (κ2) is 19.6. The maximum atomic E-state index is 11.8. The number of allylic oxidation sites excluding steroid dienone is 7. The molecule has 2 heteroatoms. The Hall–Kier alpha value is -1.70. The summed E-state index contributed by atoms with van der Waals surface area (Å²) in [6.45, 7) is 5.64. The molecule has 0 atom stereocenters. The van der Waals surface area contributed by atoms with Gasteiger partial charge in [0.05, 0.1) is 0 Å². The molecule has 0 saturated carbocycles. The van der Waals surface area contributed by atoms with Crippen LogP contribution < -0.4 is 0 Å². The van der Waals surface area contributed by atoms with Gasteiger partial charge in [-0.3, -0.25) is 9.59 Å². The number of unbranched alkanes of at least 4 members (excludes halogenated alkanes) is 9. The average Bonchev–Trinajstić information content (AvgIpc) is 2.65. The van der Waals surface area contributed by atoms with E-state index in [1.165, 1.54) is 57.1 Å². The van der Waals surface area contributed by atoms with Crippen molar-refractivity contribution in [2.75, 3.05) is 0 Å². The second-order valence-corrected chi connectivity index (χ2v) is 6.79. The Labute approximate surface area is 161 Å². The van der Waals surface area contributed by atoms with Crippen LogP contribution >= 0.6 is 0 Å². The van der Waals surface area contributed by atoms with Crippen molar-refractivity contribution in [3.63, 3.8) is 0 Å². The summed E-state index contributed by atoms with van der Waals surface area (Å²) in [6, 6.07) is 0. The van der Waals surface area contributed by atoms with Gasteiger partial charge in [-0.15, -0.1) is 0 Å². The third-order valence-corrected chi connectivity index (χ3v) is 4.32. The topological polar surface area (TPSA) is 34.1 Å². The summed E-state index contributed by atoms with van der Waals surface area (Å²) in [4.78, 5) is 22.7. The van der Waals surface area contributed by atoms with E-state index in [1.54, 1.807) is 6.08 Å². The van der Waals surface area contributed by atoms with Crippen molar-refractivity contribution < 1.29 is 9.59 Å². The Balaban J connectivity index is 3.41. The molecule has 0 aromatic heterocycles. The van der Waals surface area contributed by atoms with Gasteiger partial charge in [0.15, 0.2) is 5.78 Å². The quantitative estimate of drug-likeness (QED) is 0.149. The normalized spacial score (nSPS) is 11.7. The lowest BCUT2D eigenvalue weighted by molar-refractivity contribution is -0.119. The lowest BCUT2D eigenvalue weighted by atomic mass is 10.0. The Morgan fingerprint density at radius 2 is 1.31 bits per heavy atom. The van der Waals surface area contributed by atoms with E-state index in [-0.39, 0.29) is 5.78 Å². The largest absolute Gasteiger partial charge is 0.300 e. The van der Waals surface area contributed by atoms with Crippen molar-refractivity contribution in [3.05, 3.63) is 49.1 Å². The van der Waals surface area contributed by atoms with E-state index >= 15 is 0 Å².